The molecule has 2 unspecified atom stereocenters. The molecule has 0 saturated carbocycles. The number of fused-ring (bicyclic) bond motifs is 6. The summed E-state index contributed by atoms with van der Waals surface area (Å²) in [6, 6.07) is 35.8. The molecular weight excluding hydrogens is 629 g/mol. The van der Waals surface area contributed by atoms with E-state index >= 15 is 0 Å². The Morgan fingerprint density at radius 3 is 2.29 bits per heavy atom. The molecule has 0 bridgehead atoms. The quantitative estimate of drug-likeness (QED) is 0.174. The molecule has 1 aliphatic heterocycles. The first-order chi connectivity index (χ1) is 25.5. The van der Waals surface area contributed by atoms with Crippen molar-refractivity contribution in [2.24, 2.45) is 0 Å². The van der Waals surface area contributed by atoms with Crippen LogP contribution in [0, 0.1) is 0 Å². The summed E-state index contributed by atoms with van der Waals surface area (Å²) >= 11 is 0. The second kappa shape index (κ2) is 11.3. The van der Waals surface area contributed by atoms with Crippen molar-refractivity contribution < 1.29 is 4.74 Å². The van der Waals surface area contributed by atoms with Crippen LogP contribution in [0.3, 0.4) is 0 Å². The monoisotopic (exact) mass is 670 g/mol. The zero-order chi connectivity index (χ0) is 34.6. The third-order valence-electron chi connectivity index (χ3n) is 13.0. The van der Waals surface area contributed by atoms with E-state index in [2.05, 4.69) is 147 Å². The molecule has 0 amide bonds. The minimum Gasteiger partial charge on any atom is -0.484 e. The largest absolute Gasteiger partial charge is 0.484 e. The van der Waals surface area contributed by atoms with Gasteiger partial charge in [-0.25, -0.2) is 0 Å². The lowest BCUT2D eigenvalue weighted by Gasteiger charge is -2.37. The molecule has 1 heterocycles. The van der Waals surface area contributed by atoms with Crippen molar-refractivity contribution in [1.82, 2.24) is 0 Å². The van der Waals surface area contributed by atoms with E-state index in [4.69, 9.17) is 4.74 Å². The first-order valence-electron chi connectivity index (χ1n) is 19.3. The van der Waals surface area contributed by atoms with Crippen LogP contribution in [0.1, 0.15) is 75.0 Å². The van der Waals surface area contributed by atoms with E-state index in [0.717, 1.165) is 44.3 Å². The Morgan fingerprint density at radius 1 is 0.635 bits per heavy atom. The van der Waals surface area contributed by atoms with Gasteiger partial charge in [-0.05, 0) is 139 Å². The average molecular weight is 671 g/mol. The van der Waals surface area contributed by atoms with Crippen molar-refractivity contribution in [3.63, 3.8) is 0 Å². The Bertz CT molecular complexity index is 2610. The predicted molar refractivity (Wildman–Crippen MR) is 217 cm³/mol. The number of hydrogen-bond donors (Lipinski definition) is 0. The summed E-state index contributed by atoms with van der Waals surface area (Å²) < 4.78 is 7.10. The molecule has 0 spiro atoms. The van der Waals surface area contributed by atoms with Gasteiger partial charge in [0.2, 0.25) is 0 Å². The standard InChI is InChI=1S/C51H42O/c1-51(2)46-17-7-6-12-40(46)41-25-24-36(29-47(41)51)33-18-19-34-27-37(22-20-32(34)26-33)39-13-8-16-44-42-14-9-15-43-45-28-35(31-10-4-3-5-11-31)21-23-38(45)30-48(49(42)43)52-50(39)44/h3-17,21,23,26-30,44,50H,18-20,22,24-25H2,1-2H3. The minimum atomic E-state index is -0.0130. The number of allylic oxidation sites excluding steroid dienone is 11. The van der Waals surface area contributed by atoms with Crippen molar-refractivity contribution in [3.8, 4) is 16.9 Å². The highest BCUT2D eigenvalue weighted by Crippen LogP contribution is 2.53. The lowest BCUT2D eigenvalue weighted by Crippen LogP contribution is -2.32. The van der Waals surface area contributed by atoms with Gasteiger partial charge in [0, 0.05) is 16.7 Å². The number of ether oxygens (including phenoxy) is 1. The molecule has 252 valence electrons. The zero-order valence-corrected chi connectivity index (χ0v) is 30.0. The number of hydrogen-bond acceptors (Lipinski definition) is 1. The second-order valence-electron chi connectivity index (χ2n) is 16.1. The molecule has 52 heavy (non-hydrogen) atoms. The van der Waals surface area contributed by atoms with Gasteiger partial charge in [-0.3, -0.25) is 0 Å². The number of rotatable bonds is 3. The van der Waals surface area contributed by atoms with E-state index < -0.39 is 0 Å². The summed E-state index contributed by atoms with van der Waals surface area (Å²) in [6.45, 7) is 4.82. The topological polar surface area (TPSA) is 9.23 Å². The fourth-order valence-electron chi connectivity index (χ4n) is 10.4. The van der Waals surface area contributed by atoms with Crippen LogP contribution in [0.25, 0.3) is 38.2 Å². The van der Waals surface area contributed by atoms with Crippen LogP contribution in [0.2, 0.25) is 0 Å². The van der Waals surface area contributed by atoms with Gasteiger partial charge in [-0.1, -0.05) is 135 Å². The fourth-order valence-corrected chi connectivity index (χ4v) is 10.4. The van der Waals surface area contributed by atoms with Gasteiger partial charge in [0.25, 0.3) is 0 Å². The Kier molecular flexibility index (Phi) is 6.57. The van der Waals surface area contributed by atoms with Crippen LogP contribution in [-0.2, 0) is 5.41 Å². The molecule has 0 radical (unpaired) electrons. The van der Waals surface area contributed by atoms with E-state index in [1.807, 2.05) is 0 Å². The summed E-state index contributed by atoms with van der Waals surface area (Å²) in [6.07, 6.45) is 21.3. The molecule has 1 nitrogen and oxygen atoms in total. The molecule has 11 rings (SSSR count). The first kappa shape index (κ1) is 30.2. The summed E-state index contributed by atoms with van der Waals surface area (Å²) in [5.74, 6) is 1.21. The van der Waals surface area contributed by atoms with E-state index in [-0.39, 0.29) is 17.4 Å². The van der Waals surface area contributed by atoms with Crippen LogP contribution in [-0.4, -0.2) is 6.10 Å². The van der Waals surface area contributed by atoms with Gasteiger partial charge in [-0.2, -0.15) is 0 Å². The highest BCUT2D eigenvalue weighted by molar-refractivity contribution is 6.13. The Balaban J connectivity index is 0.912. The third-order valence-corrected chi connectivity index (χ3v) is 13.0. The van der Waals surface area contributed by atoms with Crippen molar-refractivity contribution in [3.05, 3.63) is 189 Å². The number of benzene rings is 5. The molecule has 5 aromatic rings. The van der Waals surface area contributed by atoms with Gasteiger partial charge in [-0.15, -0.1) is 0 Å². The molecule has 0 aromatic heterocycles. The first-order valence-corrected chi connectivity index (χ1v) is 19.3. The van der Waals surface area contributed by atoms with Crippen molar-refractivity contribution in [2.45, 2.75) is 69.8 Å². The van der Waals surface area contributed by atoms with Crippen molar-refractivity contribution in [2.75, 3.05) is 0 Å². The molecule has 1 heteroatoms. The minimum absolute atomic E-state index is 0.0130. The molecular formula is C51H42O. The third kappa shape index (κ3) is 4.48. The van der Waals surface area contributed by atoms with Crippen LogP contribution >= 0.6 is 0 Å². The van der Waals surface area contributed by atoms with E-state index in [1.54, 1.807) is 27.9 Å². The Labute approximate surface area is 306 Å². The van der Waals surface area contributed by atoms with E-state index in [9.17, 15) is 0 Å². The summed E-state index contributed by atoms with van der Waals surface area (Å²) in [4.78, 5) is 0. The van der Waals surface area contributed by atoms with E-state index in [1.165, 1.54) is 66.1 Å². The summed E-state index contributed by atoms with van der Waals surface area (Å²) in [7, 11) is 0. The fraction of sp³-hybridized carbons (Fsp3) is 0.216. The Hall–Kier alpha value is -5.40. The maximum Gasteiger partial charge on any atom is 0.134 e. The molecule has 2 atom stereocenters. The lowest BCUT2D eigenvalue weighted by atomic mass is 9.74. The summed E-state index contributed by atoms with van der Waals surface area (Å²) in [5, 5.41) is 5.07. The van der Waals surface area contributed by atoms with Crippen LogP contribution < -0.4 is 4.74 Å². The highest BCUT2D eigenvalue weighted by atomic mass is 16.5. The second-order valence-corrected chi connectivity index (χ2v) is 16.1. The predicted octanol–water partition coefficient (Wildman–Crippen LogP) is 13.2. The Morgan fingerprint density at radius 2 is 1.40 bits per heavy atom. The van der Waals surface area contributed by atoms with Crippen molar-refractivity contribution >= 4 is 27.1 Å². The van der Waals surface area contributed by atoms with Gasteiger partial charge in [0.1, 0.15) is 11.9 Å². The molecule has 5 aromatic carbocycles. The average Bonchev–Trinajstić information content (AvgIpc) is 3.43. The van der Waals surface area contributed by atoms with Crippen LogP contribution in [0.15, 0.2) is 173 Å². The lowest BCUT2D eigenvalue weighted by molar-refractivity contribution is 0.216. The van der Waals surface area contributed by atoms with Gasteiger partial charge in [0.05, 0.1) is 0 Å². The molecule has 5 aliphatic carbocycles. The molecule has 6 aliphatic rings. The zero-order valence-electron chi connectivity index (χ0n) is 30.0. The maximum atomic E-state index is 7.10. The maximum absolute atomic E-state index is 7.10. The highest BCUT2D eigenvalue weighted by Gasteiger charge is 2.39. The van der Waals surface area contributed by atoms with Crippen LogP contribution in [0.5, 0.6) is 5.75 Å². The smallest absolute Gasteiger partial charge is 0.134 e. The molecule has 0 saturated heterocycles. The van der Waals surface area contributed by atoms with Gasteiger partial charge >= 0.3 is 0 Å². The molecule has 0 fully saturated rings. The van der Waals surface area contributed by atoms with Crippen LogP contribution in [0.4, 0.5) is 0 Å². The SMILES string of the molecule is CC1(C)C2=C(CCC(C3=CC4=C(C=C(C5=CC=CC6c7cccc8c7c(cc7ccc(-c9ccccc9)cc78)OC56)CC4)CC3)=C2)c2ccccc21. The van der Waals surface area contributed by atoms with Crippen molar-refractivity contribution in [1.29, 1.82) is 0 Å². The molecule has 0 N–H and O–H groups in total. The van der Waals surface area contributed by atoms with E-state index in [0.29, 0.717) is 0 Å². The van der Waals surface area contributed by atoms with Gasteiger partial charge < -0.3 is 4.74 Å². The normalized spacial score (nSPS) is 22.5. The van der Waals surface area contributed by atoms with Gasteiger partial charge in [0.15, 0.2) is 0 Å². The summed E-state index contributed by atoms with van der Waals surface area (Å²) in [5.41, 5.74) is 19.1.